The summed E-state index contributed by atoms with van der Waals surface area (Å²) in [5.74, 6) is 0. The highest BCUT2D eigenvalue weighted by Gasteiger charge is 2.32. The third-order valence-corrected chi connectivity index (χ3v) is 1.02. The van der Waals surface area contributed by atoms with Crippen molar-refractivity contribution in [3.63, 3.8) is 0 Å². The third kappa shape index (κ3) is 0.533. The molecule has 0 spiro atoms. The highest BCUT2D eigenvalue weighted by molar-refractivity contribution is 4.78. The van der Waals surface area contributed by atoms with Gasteiger partial charge >= 0.3 is 0 Å². The lowest BCUT2D eigenvalue weighted by atomic mass is 10.4. The van der Waals surface area contributed by atoms with Crippen LogP contribution in [0.2, 0.25) is 0 Å². The predicted molar refractivity (Wildman–Crippen MR) is 21.4 cm³/mol. The van der Waals surface area contributed by atoms with Crippen LogP contribution in [0.3, 0.4) is 0 Å². The molecule has 0 aromatic carbocycles. The van der Waals surface area contributed by atoms with Gasteiger partial charge in [0.25, 0.3) is 0 Å². The summed E-state index contributed by atoms with van der Waals surface area (Å²) in [6, 6.07) is 0. The van der Waals surface area contributed by atoms with E-state index in [2.05, 4.69) is 0 Å². The van der Waals surface area contributed by atoms with E-state index in [1.807, 2.05) is 6.92 Å². The van der Waals surface area contributed by atoms with Gasteiger partial charge in [0.05, 0.1) is 12.7 Å². The first-order valence-corrected chi connectivity index (χ1v) is 2.11. The molecule has 1 aliphatic rings. The van der Waals surface area contributed by atoms with E-state index in [1.54, 1.807) is 0 Å². The number of hydrogen-bond acceptors (Lipinski definition) is 2. The molecule has 0 aliphatic carbocycles. The maximum atomic E-state index is 8.25. The Hall–Kier alpha value is -0.0800. The van der Waals surface area contributed by atoms with E-state index in [0.29, 0.717) is 6.10 Å². The van der Waals surface area contributed by atoms with Gasteiger partial charge in [-0.3, -0.25) is 0 Å². The van der Waals surface area contributed by atoms with Gasteiger partial charge in [-0.2, -0.15) is 0 Å². The van der Waals surface area contributed by atoms with Crippen molar-refractivity contribution in [2.75, 3.05) is 6.61 Å². The van der Waals surface area contributed by atoms with Crippen LogP contribution in [0.1, 0.15) is 6.92 Å². The van der Waals surface area contributed by atoms with Crippen molar-refractivity contribution in [3.8, 4) is 0 Å². The molecule has 6 heavy (non-hydrogen) atoms. The van der Waals surface area contributed by atoms with Crippen LogP contribution in [0.25, 0.3) is 0 Å². The highest BCUT2D eigenvalue weighted by atomic mass is 16.6. The second kappa shape index (κ2) is 1.21. The molecule has 2 nitrogen and oxygen atoms in total. The quantitative estimate of drug-likeness (QED) is 0.449. The Bertz CT molecular complexity index is 51.5. The number of ether oxygens (including phenoxy) is 1. The Balaban J connectivity index is 2.09. The van der Waals surface area contributed by atoms with Crippen LogP contribution in [0.4, 0.5) is 0 Å². The van der Waals surface area contributed by atoms with E-state index in [9.17, 15) is 0 Å². The average Bonchev–Trinajstić information content (AvgIpc) is 2.19. The van der Waals surface area contributed by atoms with E-state index in [0.717, 1.165) is 0 Å². The fraction of sp³-hybridized carbons (Fsp3) is 1.00. The van der Waals surface area contributed by atoms with Crippen LogP contribution in [-0.4, -0.2) is 23.9 Å². The smallest absolute Gasteiger partial charge is 0.107 e. The van der Waals surface area contributed by atoms with Crippen molar-refractivity contribution in [3.05, 3.63) is 0 Å². The molecular weight excluding hydrogens is 80.0 g/mol. The van der Waals surface area contributed by atoms with Crippen molar-refractivity contribution in [1.29, 1.82) is 0 Å². The summed E-state index contributed by atoms with van der Waals surface area (Å²) in [5, 5.41) is 8.25. The van der Waals surface area contributed by atoms with E-state index < -0.39 is 0 Å². The zero-order chi connectivity index (χ0) is 4.57. The molecule has 0 amide bonds. The molecule has 2 heteroatoms. The van der Waals surface area contributed by atoms with Crippen LogP contribution in [0.15, 0.2) is 0 Å². The summed E-state index contributed by atoms with van der Waals surface area (Å²) in [6.07, 6.45) is 0.472. The van der Waals surface area contributed by atoms with Gasteiger partial charge in [0.1, 0.15) is 6.10 Å². The molecule has 1 fully saturated rings. The zero-order valence-corrected chi connectivity index (χ0v) is 3.72. The van der Waals surface area contributed by atoms with Gasteiger partial charge in [-0.05, 0) is 6.92 Å². The molecule has 1 heterocycles. The Morgan fingerprint density at radius 2 is 2.33 bits per heavy atom. The highest BCUT2D eigenvalue weighted by Crippen LogP contribution is 2.18. The predicted octanol–water partition coefficient (Wildman–Crippen LogP) is -0.234. The minimum Gasteiger partial charge on any atom is -0.394 e. The number of aliphatic hydroxyl groups excluding tert-OH is 1. The molecule has 0 aromatic heterocycles. The molecule has 1 N–H and O–H groups in total. The fourth-order valence-electron chi connectivity index (χ4n) is 0.422. The average molecular weight is 88.1 g/mol. The molecule has 0 aromatic rings. The first kappa shape index (κ1) is 4.09. The van der Waals surface area contributed by atoms with Gasteiger partial charge in [-0.1, -0.05) is 0 Å². The number of rotatable bonds is 1. The van der Waals surface area contributed by atoms with E-state index in [1.165, 1.54) is 0 Å². The van der Waals surface area contributed by atoms with Crippen molar-refractivity contribution >= 4 is 0 Å². The van der Waals surface area contributed by atoms with E-state index >= 15 is 0 Å². The van der Waals surface area contributed by atoms with Crippen molar-refractivity contribution in [2.24, 2.45) is 0 Å². The lowest BCUT2D eigenvalue weighted by Gasteiger charge is -1.73. The van der Waals surface area contributed by atoms with Crippen LogP contribution in [0, 0.1) is 0 Å². The molecule has 2 atom stereocenters. The lowest BCUT2D eigenvalue weighted by Crippen LogP contribution is -1.93. The SMILES string of the molecule is C[C@H]1O[C@H]1CO. The van der Waals surface area contributed by atoms with Crippen LogP contribution >= 0.6 is 0 Å². The first-order valence-electron chi connectivity index (χ1n) is 2.11. The van der Waals surface area contributed by atoms with Crippen molar-refractivity contribution in [1.82, 2.24) is 0 Å². The Labute approximate surface area is 36.7 Å². The normalized spacial score (nSPS) is 43.0. The second-order valence-electron chi connectivity index (χ2n) is 1.56. The van der Waals surface area contributed by atoms with Crippen LogP contribution in [-0.2, 0) is 4.74 Å². The van der Waals surface area contributed by atoms with Crippen LogP contribution in [0.5, 0.6) is 0 Å². The van der Waals surface area contributed by atoms with Crippen molar-refractivity contribution in [2.45, 2.75) is 19.1 Å². The second-order valence-corrected chi connectivity index (χ2v) is 1.56. The molecule has 0 radical (unpaired) electrons. The summed E-state index contributed by atoms with van der Waals surface area (Å²) in [6.45, 7) is 2.13. The number of aliphatic hydroxyl groups is 1. The molecule has 0 saturated carbocycles. The standard InChI is InChI=1S/C4H8O2/c1-3-4(2-5)6-3/h3-5H,2H2,1H3/t3-,4+/m1/s1. The summed E-state index contributed by atoms with van der Waals surface area (Å²) >= 11 is 0. The van der Waals surface area contributed by atoms with E-state index in [-0.39, 0.29) is 12.7 Å². The van der Waals surface area contributed by atoms with Gasteiger partial charge in [0, 0.05) is 0 Å². The molecule has 0 unspecified atom stereocenters. The monoisotopic (exact) mass is 88.1 g/mol. The molecule has 1 rings (SSSR count). The maximum Gasteiger partial charge on any atom is 0.107 e. The Morgan fingerprint density at radius 3 is 2.33 bits per heavy atom. The molecule has 0 bridgehead atoms. The third-order valence-electron chi connectivity index (χ3n) is 1.02. The summed E-state index contributed by atoms with van der Waals surface area (Å²) in [4.78, 5) is 0. The topological polar surface area (TPSA) is 32.8 Å². The minimum atomic E-state index is 0.157. The molecule has 1 aliphatic heterocycles. The Morgan fingerprint density at radius 1 is 1.83 bits per heavy atom. The number of hydrogen-bond donors (Lipinski definition) is 1. The zero-order valence-electron chi connectivity index (χ0n) is 3.72. The fourth-order valence-corrected chi connectivity index (χ4v) is 0.422. The summed E-state index contributed by atoms with van der Waals surface area (Å²) in [5.41, 5.74) is 0. The minimum absolute atomic E-state index is 0.157. The van der Waals surface area contributed by atoms with Gasteiger partial charge in [0.2, 0.25) is 0 Å². The summed E-state index contributed by atoms with van der Waals surface area (Å²) < 4.78 is 4.82. The first-order chi connectivity index (χ1) is 2.84. The van der Waals surface area contributed by atoms with Crippen molar-refractivity contribution < 1.29 is 9.84 Å². The van der Waals surface area contributed by atoms with Crippen LogP contribution < -0.4 is 0 Å². The maximum absolute atomic E-state index is 8.25. The lowest BCUT2D eigenvalue weighted by molar-refractivity contribution is 0.242. The number of epoxide rings is 1. The van der Waals surface area contributed by atoms with Gasteiger partial charge < -0.3 is 9.84 Å². The molecule has 1 saturated heterocycles. The van der Waals surface area contributed by atoms with E-state index in [4.69, 9.17) is 9.84 Å². The molecular formula is C4H8O2. The van der Waals surface area contributed by atoms with Gasteiger partial charge in [-0.25, -0.2) is 0 Å². The van der Waals surface area contributed by atoms with Gasteiger partial charge in [-0.15, -0.1) is 0 Å². The largest absolute Gasteiger partial charge is 0.394 e. The summed E-state index contributed by atoms with van der Waals surface area (Å²) in [7, 11) is 0. The Kier molecular flexibility index (Phi) is 0.821. The molecule has 36 valence electrons. The van der Waals surface area contributed by atoms with Gasteiger partial charge in [0.15, 0.2) is 0 Å².